The Kier molecular flexibility index (Phi) is 6.25. The summed E-state index contributed by atoms with van der Waals surface area (Å²) in [4.78, 5) is 0. The highest BCUT2D eigenvalue weighted by molar-refractivity contribution is 7.88. The number of rotatable bonds is 5. The van der Waals surface area contributed by atoms with Gasteiger partial charge in [0.25, 0.3) is 0 Å². The van der Waals surface area contributed by atoms with Crippen molar-refractivity contribution in [2.45, 2.75) is 69.7 Å². The first-order chi connectivity index (χ1) is 14.7. The van der Waals surface area contributed by atoms with Crippen LogP contribution in [0, 0.1) is 17.8 Å². The smallest absolute Gasteiger partial charge is 0.376 e. The fourth-order valence-corrected chi connectivity index (χ4v) is 6.13. The predicted molar refractivity (Wildman–Crippen MR) is 115 cm³/mol. The lowest BCUT2D eigenvalue weighted by Gasteiger charge is -2.42. The van der Waals surface area contributed by atoms with E-state index in [0.717, 1.165) is 23.1 Å². The highest BCUT2D eigenvalue weighted by atomic mass is 32.2. The van der Waals surface area contributed by atoms with Crippen molar-refractivity contribution in [3.05, 3.63) is 42.0 Å². The van der Waals surface area contributed by atoms with E-state index in [9.17, 15) is 21.6 Å². The van der Waals surface area contributed by atoms with Gasteiger partial charge in [-0.1, -0.05) is 50.5 Å². The number of alkyl halides is 3. The molecular weight excluding hydrogens is 425 g/mol. The van der Waals surface area contributed by atoms with Gasteiger partial charge in [0.15, 0.2) is 0 Å². The van der Waals surface area contributed by atoms with Crippen LogP contribution in [0.25, 0.3) is 10.8 Å². The van der Waals surface area contributed by atoms with Crippen LogP contribution >= 0.6 is 0 Å². The maximum Gasteiger partial charge on any atom is 0.534 e. The zero-order valence-corrected chi connectivity index (χ0v) is 18.5. The quantitative estimate of drug-likeness (QED) is 0.355. The van der Waals surface area contributed by atoms with E-state index in [4.69, 9.17) is 0 Å². The third-order valence-electron chi connectivity index (χ3n) is 7.22. The van der Waals surface area contributed by atoms with Crippen molar-refractivity contribution < 1.29 is 25.8 Å². The molecule has 1 unspecified atom stereocenters. The lowest BCUT2D eigenvalue weighted by Crippen LogP contribution is -2.30. The summed E-state index contributed by atoms with van der Waals surface area (Å²) in [6, 6.07) is 10.2. The molecule has 31 heavy (non-hydrogen) atoms. The molecule has 0 radical (unpaired) electrons. The summed E-state index contributed by atoms with van der Waals surface area (Å²) in [6.45, 7) is 2.27. The van der Waals surface area contributed by atoms with Gasteiger partial charge in [0, 0.05) is 0 Å². The Morgan fingerprint density at radius 1 is 0.935 bits per heavy atom. The number of halogens is 3. The molecule has 2 fully saturated rings. The minimum atomic E-state index is -5.66. The first kappa shape index (κ1) is 22.4. The van der Waals surface area contributed by atoms with Gasteiger partial charge >= 0.3 is 15.6 Å². The van der Waals surface area contributed by atoms with Crippen molar-refractivity contribution >= 4 is 20.9 Å². The van der Waals surface area contributed by atoms with Crippen LogP contribution in [0.5, 0.6) is 5.75 Å². The van der Waals surface area contributed by atoms with Gasteiger partial charge in [-0.05, 0) is 84.2 Å². The van der Waals surface area contributed by atoms with Gasteiger partial charge in [-0.25, -0.2) is 0 Å². The minimum absolute atomic E-state index is 0.332. The van der Waals surface area contributed by atoms with Gasteiger partial charge in [-0.15, -0.1) is 0 Å². The maximum atomic E-state index is 12.6. The lowest BCUT2D eigenvalue weighted by molar-refractivity contribution is -0.0500. The van der Waals surface area contributed by atoms with Crippen molar-refractivity contribution in [1.29, 1.82) is 0 Å². The first-order valence-electron chi connectivity index (χ1n) is 11.2. The Balaban J connectivity index is 1.47. The molecule has 7 heteroatoms. The maximum absolute atomic E-state index is 12.6. The fourth-order valence-electron chi connectivity index (χ4n) is 5.68. The molecule has 0 aliphatic heterocycles. The molecule has 2 aliphatic carbocycles. The van der Waals surface area contributed by atoms with E-state index in [1.165, 1.54) is 69.1 Å². The molecule has 0 amide bonds. The predicted octanol–water partition coefficient (Wildman–Crippen LogP) is 7.17. The fraction of sp³-hybridized carbons (Fsp3) is 0.583. The van der Waals surface area contributed by atoms with Gasteiger partial charge in [-0.3, -0.25) is 0 Å². The van der Waals surface area contributed by atoms with Crippen LogP contribution in [-0.2, 0) is 10.1 Å². The van der Waals surface area contributed by atoms with Crippen LogP contribution in [0.2, 0.25) is 0 Å². The molecule has 0 heterocycles. The highest BCUT2D eigenvalue weighted by Gasteiger charge is 2.48. The summed E-state index contributed by atoms with van der Waals surface area (Å²) in [5.74, 6) is 2.74. The zero-order chi connectivity index (χ0) is 22.2. The number of fused-ring (bicyclic) bond motifs is 2. The molecule has 170 valence electrons. The molecule has 0 spiro atoms. The van der Waals surface area contributed by atoms with Gasteiger partial charge < -0.3 is 4.18 Å². The Labute approximate surface area is 182 Å². The van der Waals surface area contributed by atoms with E-state index < -0.39 is 15.6 Å². The van der Waals surface area contributed by atoms with Crippen molar-refractivity contribution in [3.63, 3.8) is 0 Å². The van der Waals surface area contributed by atoms with Crippen LogP contribution in [0.15, 0.2) is 36.4 Å². The molecule has 2 aliphatic rings. The summed E-state index contributed by atoms with van der Waals surface area (Å²) in [6.07, 6.45) is 10.3. The topological polar surface area (TPSA) is 43.4 Å². The third-order valence-corrected chi connectivity index (χ3v) is 8.19. The largest absolute Gasteiger partial charge is 0.534 e. The van der Waals surface area contributed by atoms with Crippen molar-refractivity contribution in [1.82, 2.24) is 0 Å². The van der Waals surface area contributed by atoms with Crippen LogP contribution in [0.3, 0.4) is 0 Å². The van der Waals surface area contributed by atoms with Gasteiger partial charge in [0.1, 0.15) is 5.75 Å². The Bertz CT molecular complexity index is 1030. The molecule has 0 bridgehead atoms. The Morgan fingerprint density at radius 2 is 1.61 bits per heavy atom. The second kappa shape index (κ2) is 8.64. The van der Waals surface area contributed by atoms with E-state index >= 15 is 0 Å². The second-order valence-corrected chi connectivity index (χ2v) is 10.8. The molecule has 4 atom stereocenters. The van der Waals surface area contributed by atoms with Crippen LogP contribution in [0.1, 0.15) is 69.8 Å². The molecule has 2 aromatic rings. The molecule has 0 aromatic heterocycles. The Hall–Kier alpha value is -1.76. The summed E-state index contributed by atoms with van der Waals surface area (Å²) in [7, 11) is -5.66. The second-order valence-electron chi connectivity index (χ2n) is 9.25. The number of hydrogen-bond donors (Lipinski definition) is 0. The molecule has 2 saturated carbocycles. The summed E-state index contributed by atoms with van der Waals surface area (Å²) in [5, 5.41) is 1.54. The van der Waals surface area contributed by atoms with Crippen molar-refractivity contribution in [2.24, 2.45) is 17.8 Å². The summed E-state index contributed by atoms with van der Waals surface area (Å²) >= 11 is 0. The monoisotopic (exact) mass is 454 g/mol. The summed E-state index contributed by atoms with van der Waals surface area (Å²) < 4.78 is 64.4. The SMILES string of the molecule is CCCC1CC[C@@H]2C[C@H](c3ccc4cc(OS(=O)(=O)C(F)(F)F)ccc4c3)CC[C@@H]2C1. The summed E-state index contributed by atoms with van der Waals surface area (Å²) in [5.41, 5.74) is -4.18. The molecule has 0 saturated heterocycles. The highest BCUT2D eigenvalue weighted by Crippen LogP contribution is 2.48. The Morgan fingerprint density at radius 3 is 2.35 bits per heavy atom. The standard InChI is InChI=1S/C24H29F3O3S/c1-2-3-16-4-5-18-13-19(7-6-17(18)12-16)20-8-9-22-15-23(11-10-21(22)14-20)30-31(28,29)24(25,26)27/h8-11,14-19H,2-7,12-13H2,1H3/t16?,17-,18-,19-/m1/s1. The van der Waals surface area contributed by atoms with Gasteiger partial charge in [-0.2, -0.15) is 21.6 Å². The average Bonchev–Trinajstić information content (AvgIpc) is 2.72. The van der Waals surface area contributed by atoms with E-state index in [0.29, 0.717) is 11.3 Å². The van der Waals surface area contributed by atoms with Crippen molar-refractivity contribution in [3.8, 4) is 5.75 Å². The molecular formula is C24H29F3O3S. The molecule has 0 N–H and O–H groups in total. The van der Waals surface area contributed by atoms with Crippen LogP contribution in [-0.4, -0.2) is 13.9 Å². The minimum Gasteiger partial charge on any atom is -0.376 e. The molecule has 4 rings (SSSR count). The molecule has 3 nitrogen and oxygen atoms in total. The normalized spacial score (nSPS) is 27.1. The van der Waals surface area contributed by atoms with E-state index in [2.05, 4.69) is 17.2 Å². The first-order valence-corrected chi connectivity index (χ1v) is 12.6. The average molecular weight is 455 g/mol. The molecule has 2 aromatic carbocycles. The van der Waals surface area contributed by atoms with Crippen LogP contribution < -0.4 is 4.18 Å². The lowest BCUT2D eigenvalue weighted by atomic mass is 9.63. The number of hydrogen-bond acceptors (Lipinski definition) is 3. The van der Waals surface area contributed by atoms with E-state index in [1.54, 1.807) is 6.07 Å². The third kappa shape index (κ3) is 4.86. The van der Waals surface area contributed by atoms with E-state index in [1.807, 2.05) is 12.1 Å². The van der Waals surface area contributed by atoms with Gasteiger partial charge in [0.05, 0.1) is 0 Å². The van der Waals surface area contributed by atoms with Crippen molar-refractivity contribution in [2.75, 3.05) is 0 Å². The zero-order valence-electron chi connectivity index (χ0n) is 17.7. The number of benzene rings is 2. The van der Waals surface area contributed by atoms with Crippen LogP contribution in [0.4, 0.5) is 13.2 Å². The van der Waals surface area contributed by atoms with E-state index in [-0.39, 0.29) is 5.75 Å². The van der Waals surface area contributed by atoms with Gasteiger partial charge in [0.2, 0.25) is 0 Å².